The van der Waals surface area contributed by atoms with Crippen molar-refractivity contribution in [3.05, 3.63) is 35.4 Å². The fraction of sp³-hybridized carbons (Fsp3) is 0.417. The van der Waals surface area contributed by atoms with Crippen molar-refractivity contribution < 1.29 is 4.79 Å². The van der Waals surface area contributed by atoms with Crippen molar-refractivity contribution in [1.82, 2.24) is 0 Å². The lowest BCUT2D eigenvalue weighted by Crippen LogP contribution is -1.97. The van der Waals surface area contributed by atoms with Crippen LogP contribution in [0.4, 0.5) is 0 Å². The third kappa shape index (κ3) is 3.18. The molecule has 2 heteroatoms. The van der Waals surface area contributed by atoms with E-state index in [0.29, 0.717) is 0 Å². The molecule has 14 heavy (non-hydrogen) atoms. The lowest BCUT2D eigenvalue weighted by atomic mass is 10.1. The maximum Gasteiger partial charge on any atom is 0.160 e. The maximum atomic E-state index is 11.3. The molecule has 0 aliphatic rings. The molecule has 0 bridgehead atoms. The second-order valence-corrected chi connectivity index (χ2v) is 4.37. The summed E-state index contributed by atoms with van der Waals surface area (Å²) in [6, 6.07) is 7.86. The van der Waals surface area contributed by atoms with Crippen molar-refractivity contribution in [1.29, 1.82) is 0 Å². The van der Waals surface area contributed by atoms with E-state index in [2.05, 4.69) is 6.92 Å². The molecule has 1 aromatic carbocycles. The first kappa shape index (κ1) is 11.3. The number of rotatable bonds is 5. The minimum absolute atomic E-state index is 0.165. The van der Waals surface area contributed by atoms with Crippen molar-refractivity contribution in [2.75, 3.05) is 5.75 Å². The van der Waals surface area contributed by atoms with Crippen LogP contribution < -0.4 is 0 Å². The van der Waals surface area contributed by atoms with Gasteiger partial charge in [-0.15, -0.1) is 0 Å². The summed E-state index contributed by atoms with van der Waals surface area (Å²) in [6.45, 7) is 3.80. The van der Waals surface area contributed by atoms with Crippen LogP contribution in [0.25, 0.3) is 0 Å². The highest BCUT2D eigenvalue weighted by Gasteiger charge is 2.05. The van der Waals surface area contributed by atoms with Gasteiger partial charge in [0.2, 0.25) is 0 Å². The highest BCUT2D eigenvalue weighted by atomic mass is 32.2. The Balaban J connectivity index is 2.69. The molecule has 0 aliphatic heterocycles. The first-order chi connectivity index (χ1) is 6.75. The van der Waals surface area contributed by atoms with Crippen molar-refractivity contribution in [3.8, 4) is 0 Å². The van der Waals surface area contributed by atoms with Gasteiger partial charge >= 0.3 is 0 Å². The van der Waals surface area contributed by atoms with Crippen molar-refractivity contribution in [3.63, 3.8) is 0 Å². The molecule has 0 amide bonds. The van der Waals surface area contributed by atoms with Crippen LogP contribution in [0.15, 0.2) is 24.3 Å². The number of benzene rings is 1. The van der Waals surface area contributed by atoms with Crippen LogP contribution in [-0.2, 0) is 5.75 Å². The predicted octanol–water partition coefficient (Wildman–Crippen LogP) is 3.53. The molecule has 0 aliphatic carbocycles. The summed E-state index contributed by atoms with van der Waals surface area (Å²) in [5.41, 5.74) is 2.04. The molecule has 0 atom stereocenters. The van der Waals surface area contributed by atoms with Crippen LogP contribution in [0.3, 0.4) is 0 Å². The monoisotopic (exact) mass is 208 g/mol. The third-order valence-corrected chi connectivity index (χ3v) is 3.21. The Bertz CT molecular complexity index is 307. The van der Waals surface area contributed by atoms with Gasteiger partial charge in [0.25, 0.3) is 0 Å². The van der Waals surface area contributed by atoms with E-state index in [9.17, 15) is 4.79 Å². The lowest BCUT2D eigenvalue weighted by molar-refractivity contribution is 0.101. The van der Waals surface area contributed by atoms with Gasteiger partial charge in [0.05, 0.1) is 0 Å². The SMILES string of the molecule is CCCSCc1ccccc1C(C)=O. The number of ketones is 1. The second-order valence-electron chi connectivity index (χ2n) is 3.27. The Hall–Kier alpha value is -0.760. The highest BCUT2D eigenvalue weighted by Crippen LogP contribution is 2.17. The molecule has 1 rings (SSSR count). The van der Waals surface area contributed by atoms with Gasteiger partial charge in [0.1, 0.15) is 0 Å². The average Bonchev–Trinajstić information content (AvgIpc) is 2.19. The summed E-state index contributed by atoms with van der Waals surface area (Å²) in [5.74, 6) is 2.27. The lowest BCUT2D eigenvalue weighted by Gasteiger charge is -2.05. The highest BCUT2D eigenvalue weighted by molar-refractivity contribution is 7.98. The normalized spacial score (nSPS) is 10.1. The van der Waals surface area contributed by atoms with Gasteiger partial charge in [-0.3, -0.25) is 4.79 Å². The van der Waals surface area contributed by atoms with Crippen LogP contribution in [0, 0.1) is 0 Å². The molecule has 0 spiro atoms. The molecule has 0 N–H and O–H groups in total. The second kappa shape index (κ2) is 5.86. The summed E-state index contributed by atoms with van der Waals surface area (Å²) < 4.78 is 0. The fourth-order valence-corrected chi connectivity index (χ4v) is 2.22. The summed E-state index contributed by atoms with van der Waals surface area (Å²) >= 11 is 1.89. The molecule has 0 fully saturated rings. The van der Waals surface area contributed by atoms with Gasteiger partial charge in [0, 0.05) is 11.3 Å². The van der Waals surface area contributed by atoms with E-state index in [1.807, 2.05) is 36.0 Å². The predicted molar refractivity (Wildman–Crippen MR) is 62.9 cm³/mol. The number of hydrogen-bond donors (Lipinski definition) is 0. The van der Waals surface area contributed by atoms with Crippen molar-refractivity contribution in [2.24, 2.45) is 0 Å². The molecule has 0 radical (unpaired) electrons. The zero-order valence-electron chi connectivity index (χ0n) is 8.75. The summed E-state index contributed by atoms with van der Waals surface area (Å²) in [5, 5.41) is 0. The summed E-state index contributed by atoms with van der Waals surface area (Å²) in [4.78, 5) is 11.3. The van der Waals surface area contributed by atoms with Crippen LogP contribution in [0.2, 0.25) is 0 Å². The van der Waals surface area contributed by atoms with E-state index in [-0.39, 0.29) is 5.78 Å². The minimum Gasteiger partial charge on any atom is -0.295 e. The molecule has 0 heterocycles. The van der Waals surface area contributed by atoms with E-state index in [1.54, 1.807) is 6.92 Å². The quantitative estimate of drug-likeness (QED) is 0.544. The van der Waals surface area contributed by atoms with Gasteiger partial charge < -0.3 is 0 Å². The molecular formula is C12H16OS. The Morgan fingerprint density at radius 3 is 2.71 bits per heavy atom. The van der Waals surface area contributed by atoms with Crippen molar-refractivity contribution in [2.45, 2.75) is 26.0 Å². The number of carbonyl (C=O) groups excluding carboxylic acids is 1. The minimum atomic E-state index is 0.165. The fourth-order valence-electron chi connectivity index (χ4n) is 1.32. The average molecular weight is 208 g/mol. The Kier molecular flexibility index (Phi) is 4.74. The van der Waals surface area contributed by atoms with E-state index >= 15 is 0 Å². The van der Waals surface area contributed by atoms with E-state index in [1.165, 1.54) is 12.0 Å². The first-order valence-electron chi connectivity index (χ1n) is 4.92. The molecule has 0 aromatic heterocycles. The molecule has 0 unspecified atom stereocenters. The van der Waals surface area contributed by atoms with E-state index in [0.717, 1.165) is 17.1 Å². The molecule has 0 saturated heterocycles. The van der Waals surface area contributed by atoms with Crippen LogP contribution in [-0.4, -0.2) is 11.5 Å². The Morgan fingerprint density at radius 1 is 1.36 bits per heavy atom. The smallest absolute Gasteiger partial charge is 0.160 e. The first-order valence-corrected chi connectivity index (χ1v) is 6.07. The van der Waals surface area contributed by atoms with Crippen LogP contribution in [0.5, 0.6) is 0 Å². The number of thioether (sulfide) groups is 1. The molecule has 1 aromatic rings. The maximum absolute atomic E-state index is 11.3. The van der Waals surface area contributed by atoms with Gasteiger partial charge in [-0.1, -0.05) is 31.2 Å². The summed E-state index contributed by atoms with van der Waals surface area (Å²) in [6.07, 6.45) is 1.19. The molecule has 1 nitrogen and oxygen atoms in total. The Morgan fingerprint density at radius 2 is 2.07 bits per heavy atom. The van der Waals surface area contributed by atoms with Crippen LogP contribution in [0.1, 0.15) is 36.2 Å². The van der Waals surface area contributed by atoms with E-state index in [4.69, 9.17) is 0 Å². The van der Waals surface area contributed by atoms with Crippen molar-refractivity contribution >= 4 is 17.5 Å². The number of hydrogen-bond acceptors (Lipinski definition) is 2. The number of Topliss-reactive ketones (excluding diaryl/α,β-unsaturated/α-hetero) is 1. The zero-order chi connectivity index (χ0) is 10.4. The Labute approximate surface area is 89.9 Å². The molecule has 76 valence electrons. The van der Waals surface area contributed by atoms with Crippen LogP contribution >= 0.6 is 11.8 Å². The number of carbonyl (C=O) groups is 1. The third-order valence-electron chi connectivity index (χ3n) is 2.00. The van der Waals surface area contributed by atoms with Gasteiger partial charge in [0.15, 0.2) is 5.78 Å². The topological polar surface area (TPSA) is 17.1 Å². The standard InChI is InChI=1S/C12H16OS/c1-3-8-14-9-11-6-4-5-7-12(11)10(2)13/h4-7H,3,8-9H2,1-2H3. The van der Waals surface area contributed by atoms with Gasteiger partial charge in [-0.25, -0.2) is 0 Å². The van der Waals surface area contributed by atoms with E-state index < -0.39 is 0 Å². The zero-order valence-corrected chi connectivity index (χ0v) is 9.56. The largest absolute Gasteiger partial charge is 0.295 e. The van der Waals surface area contributed by atoms with Gasteiger partial charge in [-0.2, -0.15) is 11.8 Å². The summed E-state index contributed by atoms with van der Waals surface area (Å²) in [7, 11) is 0. The molecule has 0 saturated carbocycles. The molecular weight excluding hydrogens is 192 g/mol. The van der Waals surface area contributed by atoms with Gasteiger partial charge in [-0.05, 0) is 24.7 Å².